The maximum Gasteiger partial charge on any atom is 0.292 e. The van der Waals surface area contributed by atoms with Crippen molar-refractivity contribution in [3.63, 3.8) is 0 Å². The molecule has 0 aliphatic heterocycles. The minimum atomic E-state index is 0.539. The molecule has 1 aromatic heterocycles. The quantitative estimate of drug-likeness (QED) is 0.707. The standard InChI is InChI=1S/C10H10O3/c1-11-8-3-4-9-7(5-8)6-13-10(9)12-2/h3-6H,1-2H3. The van der Waals surface area contributed by atoms with E-state index in [0.29, 0.717) is 5.95 Å². The van der Waals surface area contributed by atoms with E-state index in [-0.39, 0.29) is 0 Å². The Bertz CT molecular complexity index is 417. The molecule has 1 heterocycles. The zero-order valence-corrected chi connectivity index (χ0v) is 7.53. The molecular formula is C10H10O3. The largest absolute Gasteiger partial charge is 0.497 e. The Morgan fingerprint density at radius 2 is 2.00 bits per heavy atom. The van der Waals surface area contributed by atoms with Gasteiger partial charge in [0, 0.05) is 5.39 Å². The van der Waals surface area contributed by atoms with Gasteiger partial charge in [-0.1, -0.05) is 0 Å². The number of methoxy groups -OCH3 is 2. The smallest absolute Gasteiger partial charge is 0.292 e. The van der Waals surface area contributed by atoms with Gasteiger partial charge < -0.3 is 13.9 Å². The van der Waals surface area contributed by atoms with E-state index in [9.17, 15) is 0 Å². The fraction of sp³-hybridized carbons (Fsp3) is 0.200. The lowest BCUT2D eigenvalue weighted by atomic mass is 10.2. The van der Waals surface area contributed by atoms with Gasteiger partial charge in [-0.05, 0) is 18.2 Å². The summed E-state index contributed by atoms with van der Waals surface area (Å²) in [6.07, 6.45) is 1.65. The molecule has 3 heteroatoms. The SMILES string of the molecule is COc1ccc2c(OC)occ2c1. The summed E-state index contributed by atoms with van der Waals surface area (Å²) in [7, 11) is 3.22. The van der Waals surface area contributed by atoms with E-state index in [1.54, 1.807) is 20.5 Å². The number of hydrogen-bond donors (Lipinski definition) is 0. The Morgan fingerprint density at radius 1 is 1.15 bits per heavy atom. The molecule has 0 aliphatic rings. The Balaban J connectivity index is 2.61. The lowest BCUT2D eigenvalue weighted by molar-refractivity contribution is 0.309. The Hall–Kier alpha value is -1.64. The van der Waals surface area contributed by atoms with Crippen LogP contribution in [0.25, 0.3) is 10.8 Å². The molecule has 0 spiro atoms. The molecular weight excluding hydrogens is 168 g/mol. The van der Waals surface area contributed by atoms with Crippen LogP contribution in [0.5, 0.6) is 11.7 Å². The minimum absolute atomic E-state index is 0.539. The topological polar surface area (TPSA) is 31.6 Å². The normalized spacial score (nSPS) is 10.3. The van der Waals surface area contributed by atoms with Gasteiger partial charge in [0.2, 0.25) is 0 Å². The summed E-state index contributed by atoms with van der Waals surface area (Å²) in [6.45, 7) is 0. The van der Waals surface area contributed by atoms with Crippen molar-refractivity contribution in [2.75, 3.05) is 14.2 Å². The van der Waals surface area contributed by atoms with Gasteiger partial charge in [0.15, 0.2) is 0 Å². The fourth-order valence-corrected chi connectivity index (χ4v) is 1.29. The van der Waals surface area contributed by atoms with Gasteiger partial charge >= 0.3 is 0 Å². The van der Waals surface area contributed by atoms with Crippen molar-refractivity contribution in [3.8, 4) is 11.7 Å². The second kappa shape index (κ2) is 3.01. The Kier molecular flexibility index (Phi) is 1.85. The van der Waals surface area contributed by atoms with E-state index >= 15 is 0 Å². The first kappa shape index (κ1) is 7.98. The van der Waals surface area contributed by atoms with Gasteiger partial charge in [0.05, 0.1) is 19.6 Å². The highest BCUT2D eigenvalue weighted by Gasteiger charge is 2.06. The van der Waals surface area contributed by atoms with Crippen molar-refractivity contribution in [2.45, 2.75) is 0 Å². The molecule has 0 radical (unpaired) electrons. The summed E-state index contributed by atoms with van der Waals surface area (Å²) in [6, 6.07) is 5.69. The van der Waals surface area contributed by atoms with Crippen molar-refractivity contribution < 1.29 is 13.9 Å². The summed E-state index contributed by atoms with van der Waals surface area (Å²) in [5.74, 6) is 1.36. The van der Waals surface area contributed by atoms with Crippen LogP contribution in [0.2, 0.25) is 0 Å². The van der Waals surface area contributed by atoms with Gasteiger partial charge in [-0.3, -0.25) is 0 Å². The summed E-state index contributed by atoms with van der Waals surface area (Å²) >= 11 is 0. The average Bonchev–Trinajstić information content (AvgIpc) is 2.59. The molecule has 0 unspecified atom stereocenters. The third kappa shape index (κ3) is 1.22. The average molecular weight is 178 g/mol. The predicted octanol–water partition coefficient (Wildman–Crippen LogP) is 2.45. The van der Waals surface area contributed by atoms with Crippen LogP contribution in [0, 0.1) is 0 Å². The zero-order valence-electron chi connectivity index (χ0n) is 7.53. The Labute approximate surface area is 75.9 Å². The first-order valence-corrected chi connectivity index (χ1v) is 3.94. The van der Waals surface area contributed by atoms with Crippen molar-refractivity contribution in [1.82, 2.24) is 0 Å². The van der Waals surface area contributed by atoms with Crippen LogP contribution in [-0.2, 0) is 0 Å². The zero-order chi connectivity index (χ0) is 9.26. The molecule has 0 bridgehead atoms. The van der Waals surface area contributed by atoms with Crippen molar-refractivity contribution in [1.29, 1.82) is 0 Å². The molecule has 2 aromatic rings. The predicted molar refractivity (Wildman–Crippen MR) is 49.3 cm³/mol. The van der Waals surface area contributed by atoms with E-state index in [2.05, 4.69) is 0 Å². The summed E-state index contributed by atoms with van der Waals surface area (Å²) in [5, 5.41) is 1.94. The van der Waals surface area contributed by atoms with Crippen LogP contribution < -0.4 is 9.47 Å². The number of fused-ring (bicyclic) bond motifs is 1. The van der Waals surface area contributed by atoms with Gasteiger partial charge in [-0.25, -0.2) is 0 Å². The molecule has 2 rings (SSSR count). The number of ether oxygens (including phenoxy) is 2. The number of rotatable bonds is 2. The second-order valence-corrected chi connectivity index (χ2v) is 2.68. The van der Waals surface area contributed by atoms with E-state index in [1.807, 2.05) is 18.2 Å². The third-order valence-corrected chi connectivity index (χ3v) is 1.96. The highest BCUT2D eigenvalue weighted by Crippen LogP contribution is 2.30. The maximum absolute atomic E-state index is 5.19. The highest BCUT2D eigenvalue weighted by atomic mass is 16.6. The van der Waals surface area contributed by atoms with Crippen LogP contribution in [0.15, 0.2) is 28.9 Å². The minimum Gasteiger partial charge on any atom is -0.497 e. The molecule has 68 valence electrons. The number of benzene rings is 1. The summed E-state index contributed by atoms with van der Waals surface area (Å²) in [4.78, 5) is 0. The first-order chi connectivity index (χ1) is 6.35. The van der Waals surface area contributed by atoms with Gasteiger partial charge in [-0.2, -0.15) is 0 Å². The van der Waals surface area contributed by atoms with E-state index < -0.39 is 0 Å². The molecule has 1 aromatic carbocycles. The lowest BCUT2D eigenvalue weighted by Gasteiger charge is -1.98. The molecule has 0 amide bonds. The van der Waals surface area contributed by atoms with Gasteiger partial charge in [0.25, 0.3) is 5.95 Å². The molecule has 3 nitrogen and oxygen atoms in total. The second-order valence-electron chi connectivity index (χ2n) is 2.68. The van der Waals surface area contributed by atoms with Crippen LogP contribution in [0.1, 0.15) is 0 Å². The van der Waals surface area contributed by atoms with Crippen LogP contribution in [-0.4, -0.2) is 14.2 Å². The molecule has 0 N–H and O–H groups in total. The van der Waals surface area contributed by atoms with Crippen LogP contribution in [0.4, 0.5) is 0 Å². The van der Waals surface area contributed by atoms with Crippen molar-refractivity contribution >= 4 is 10.8 Å². The molecule has 0 fully saturated rings. The molecule has 0 atom stereocenters. The summed E-state index contributed by atoms with van der Waals surface area (Å²) < 4.78 is 15.3. The van der Waals surface area contributed by atoms with Gasteiger partial charge in [-0.15, -0.1) is 0 Å². The lowest BCUT2D eigenvalue weighted by Crippen LogP contribution is -1.82. The first-order valence-electron chi connectivity index (χ1n) is 3.94. The molecule has 0 saturated carbocycles. The van der Waals surface area contributed by atoms with Crippen LogP contribution >= 0.6 is 0 Å². The van der Waals surface area contributed by atoms with Crippen LogP contribution in [0.3, 0.4) is 0 Å². The van der Waals surface area contributed by atoms with E-state index in [1.165, 1.54) is 0 Å². The Morgan fingerprint density at radius 3 is 2.69 bits per heavy atom. The van der Waals surface area contributed by atoms with E-state index in [0.717, 1.165) is 16.5 Å². The molecule has 0 saturated heterocycles. The monoisotopic (exact) mass is 178 g/mol. The molecule has 13 heavy (non-hydrogen) atoms. The van der Waals surface area contributed by atoms with E-state index in [4.69, 9.17) is 13.9 Å². The summed E-state index contributed by atoms with van der Waals surface area (Å²) in [5.41, 5.74) is 0. The third-order valence-electron chi connectivity index (χ3n) is 1.96. The molecule has 0 aliphatic carbocycles. The van der Waals surface area contributed by atoms with Crippen molar-refractivity contribution in [2.24, 2.45) is 0 Å². The van der Waals surface area contributed by atoms with Crippen molar-refractivity contribution in [3.05, 3.63) is 24.5 Å². The number of furan rings is 1. The maximum atomic E-state index is 5.19. The highest BCUT2D eigenvalue weighted by molar-refractivity contribution is 5.87. The number of hydrogen-bond acceptors (Lipinski definition) is 3. The fourth-order valence-electron chi connectivity index (χ4n) is 1.29. The van der Waals surface area contributed by atoms with Gasteiger partial charge in [0.1, 0.15) is 12.0 Å².